The summed E-state index contributed by atoms with van der Waals surface area (Å²) in [5.41, 5.74) is 6.66. The molecule has 6 nitrogen and oxygen atoms in total. The number of hydrogen-bond acceptors (Lipinski definition) is 4. The lowest BCUT2D eigenvalue weighted by atomic mass is 9.86. The van der Waals surface area contributed by atoms with Gasteiger partial charge in [-0.1, -0.05) is 51.5 Å². The number of Topliss-reactive ketones (excluding diaryl/α,β-unsaturated/α-hetero) is 1. The first-order valence-electron chi connectivity index (χ1n) is 8.99. The quantitative estimate of drug-likeness (QED) is 0.400. The zero-order valence-electron chi connectivity index (χ0n) is 16.1. The molecule has 1 aromatic carbocycles. The van der Waals surface area contributed by atoms with Crippen molar-refractivity contribution in [1.29, 1.82) is 0 Å². The fourth-order valence-corrected chi connectivity index (χ4v) is 2.46. The van der Waals surface area contributed by atoms with Gasteiger partial charge in [-0.05, 0) is 30.7 Å². The van der Waals surface area contributed by atoms with Gasteiger partial charge < -0.3 is 15.8 Å². The molecule has 0 aliphatic carbocycles. The zero-order chi connectivity index (χ0) is 19.7. The summed E-state index contributed by atoms with van der Waals surface area (Å²) >= 11 is 0. The summed E-state index contributed by atoms with van der Waals surface area (Å²) in [4.78, 5) is 34.8. The minimum Gasteiger partial charge on any atom is -0.454 e. The van der Waals surface area contributed by atoms with E-state index in [1.807, 2.05) is 12.1 Å². The van der Waals surface area contributed by atoms with E-state index in [-0.39, 0.29) is 23.6 Å². The van der Waals surface area contributed by atoms with Crippen LogP contribution < -0.4 is 11.1 Å². The van der Waals surface area contributed by atoms with E-state index in [2.05, 4.69) is 26.1 Å². The topological polar surface area (TPSA) is 98.5 Å². The Bertz CT molecular complexity index is 618. The van der Waals surface area contributed by atoms with E-state index in [0.717, 1.165) is 18.4 Å². The highest BCUT2D eigenvalue weighted by molar-refractivity contribution is 6.00. The van der Waals surface area contributed by atoms with Crippen molar-refractivity contribution < 1.29 is 19.1 Å². The monoisotopic (exact) mass is 362 g/mol. The molecule has 0 heterocycles. The fourth-order valence-electron chi connectivity index (χ4n) is 2.46. The van der Waals surface area contributed by atoms with Crippen molar-refractivity contribution in [3.63, 3.8) is 0 Å². The molecule has 0 radical (unpaired) electrons. The molecule has 0 aromatic heterocycles. The third-order valence-corrected chi connectivity index (χ3v) is 4.07. The Hall–Kier alpha value is -2.37. The van der Waals surface area contributed by atoms with Crippen LogP contribution in [0.5, 0.6) is 0 Å². The smallest absolute Gasteiger partial charge is 0.312 e. The third kappa shape index (κ3) is 7.68. The lowest BCUT2D eigenvalue weighted by molar-refractivity contribution is -0.146. The summed E-state index contributed by atoms with van der Waals surface area (Å²) in [6, 6.07) is 6.87. The van der Waals surface area contributed by atoms with E-state index < -0.39 is 12.1 Å². The number of benzene rings is 1. The number of carbonyl (C=O) groups is 3. The molecule has 0 aliphatic rings. The van der Waals surface area contributed by atoms with Gasteiger partial charge in [0.05, 0.1) is 0 Å². The SMILES string of the molecule is C[C@H](OC(=O)CCCCCNC(N)=O)C(=O)c1ccc(C(C)(C)C)cc1. The van der Waals surface area contributed by atoms with Crippen LogP contribution in [0.2, 0.25) is 0 Å². The van der Waals surface area contributed by atoms with Crippen LogP contribution in [-0.2, 0) is 14.9 Å². The van der Waals surface area contributed by atoms with Crippen LogP contribution in [0.15, 0.2) is 24.3 Å². The number of hydrogen-bond donors (Lipinski definition) is 2. The maximum atomic E-state index is 12.4. The Morgan fingerprint density at radius 1 is 1.08 bits per heavy atom. The van der Waals surface area contributed by atoms with Crippen molar-refractivity contribution in [2.24, 2.45) is 5.73 Å². The van der Waals surface area contributed by atoms with Gasteiger partial charge in [0.2, 0.25) is 5.78 Å². The molecule has 0 saturated heterocycles. The number of nitrogens with two attached hydrogens (primary N) is 1. The van der Waals surface area contributed by atoms with Crippen LogP contribution in [0.3, 0.4) is 0 Å². The highest BCUT2D eigenvalue weighted by atomic mass is 16.5. The van der Waals surface area contributed by atoms with Crippen molar-refractivity contribution in [3.05, 3.63) is 35.4 Å². The molecule has 0 saturated carbocycles. The maximum Gasteiger partial charge on any atom is 0.312 e. The molecule has 1 rings (SSSR count). The Morgan fingerprint density at radius 2 is 1.69 bits per heavy atom. The average molecular weight is 362 g/mol. The minimum absolute atomic E-state index is 0.0205. The van der Waals surface area contributed by atoms with Crippen LogP contribution in [0.25, 0.3) is 0 Å². The molecule has 2 amide bonds. The van der Waals surface area contributed by atoms with Crippen LogP contribution in [0, 0.1) is 0 Å². The Morgan fingerprint density at radius 3 is 2.23 bits per heavy atom. The summed E-state index contributed by atoms with van der Waals surface area (Å²) in [5, 5.41) is 2.49. The molecule has 1 aromatic rings. The van der Waals surface area contributed by atoms with Crippen LogP contribution in [0.4, 0.5) is 4.79 Å². The normalized spacial score (nSPS) is 12.3. The lowest BCUT2D eigenvalue weighted by Crippen LogP contribution is -2.30. The number of primary amides is 1. The molecule has 26 heavy (non-hydrogen) atoms. The zero-order valence-corrected chi connectivity index (χ0v) is 16.1. The van der Waals surface area contributed by atoms with Gasteiger partial charge in [0.1, 0.15) is 0 Å². The Balaban J connectivity index is 2.39. The molecule has 0 bridgehead atoms. The fraction of sp³-hybridized carbons (Fsp3) is 0.550. The molecule has 0 spiro atoms. The molecule has 6 heteroatoms. The van der Waals surface area contributed by atoms with E-state index in [1.54, 1.807) is 19.1 Å². The Labute approximate surface area is 155 Å². The number of esters is 1. The Kier molecular flexibility index (Phi) is 8.29. The van der Waals surface area contributed by atoms with Crippen LogP contribution in [0.1, 0.15) is 69.3 Å². The van der Waals surface area contributed by atoms with E-state index in [1.165, 1.54) is 0 Å². The first-order chi connectivity index (χ1) is 12.1. The number of carbonyl (C=O) groups excluding carboxylic acids is 3. The number of rotatable bonds is 9. The molecule has 0 fully saturated rings. The van der Waals surface area contributed by atoms with E-state index in [0.29, 0.717) is 18.5 Å². The molecular weight excluding hydrogens is 332 g/mol. The van der Waals surface area contributed by atoms with Gasteiger partial charge in [-0.2, -0.15) is 0 Å². The minimum atomic E-state index is -0.806. The summed E-state index contributed by atoms with van der Waals surface area (Å²) in [5.74, 6) is -0.593. The van der Waals surface area contributed by atoms with E-state index >= 15 is 0 Å². The standard InChI is InChI=1S/C20H30N2O4/c1-14(26-17(23)8-6-5-7-13-22-19(21)25)18(24)15-9-11-16(12-10-15)20(2,3)4/h9-12,14H,5-8,13H2,1-4H3,(H3,21,22,25)/t14-/m0/s1. The van der Waals surface area contributed by atoms with Gasteiger partial charge in [-0.15, -0.1) is 0 Å². The first-order valence-corrected chi connectivity index (χ1v) is 8.99. The summed E-state index contributed by atoms with van der Waals surface area (Å²) in [7, 11) is 0. The van der Waals surface area contributed by atoms with Gasteiger partial charge in [-0.3, -0.25) is 9.59 Å². The second kappa shape index (κ2) is 9.94. The number of amides is 2. The van der Waals surface area contributed by atoms with E-state index in [9.17, 15) is 14.4 Å². The largest absolute Gasteiger partial charge is 0.454 e. The number of urea groups is 1. The molecule has 1 atom stereocenters. The highest BCUT2D eigenvalue weighted by Crippen LogP contribution is 2.22. The van der Waals surface area contributed by atoms with Crippen molar-refractivity contribution >= 4 is 17.8 Å². The van der Waals surface area contributed by atoms with Gasteiger partial charge >= 0.3 is 12.0 Å². The predicted molar refractivity (Wildman–Crippen MR) is 101 cm³/mol. The van der Waals surface area contributed by atoms with Gasteiger partial charge in [0.25, 0.3) is 0 Å². The molecule has 144 valence electrons. The van der Waals surface area contributed by atoms with E-state index in [4.69, 9.17) is 10.5 Å². The number of unbranched alkanes of at least 4 members (excludes halogenated alkanes) is 2. The predicted octanol–water partition coefficient (Wildman–Crippen LogP) is 3.33. The van der Waals surface area contributed by atoms with Gasteiger partial charge in [0, 0.05) is 18.5 Å². The third-order valence-electron chi connectivity index (χ3n) is 4.07. The summed E-state index contributed by atoms with van der Waals surface area (Å²) in [6.07, 6.45) is 1.59. The lowest BCUT2D eigenvalue weighted by Gasteiger charge is -2.19. The highest BCUT2D eigenvalue weighted by Gasteiger charge is 2.20. The van der Waals surface area contributed by atoms with Crippen molar-refractivity contribution in [2.45, 2.75) is 64.9 Å². The molecule has 3 N–H and O–H groups in total. The second-order valence-electron chi connectivity index (χ2n) is 7.43. The van der Waals surface area contributed by atoms with Crippen LogP contribution in [-0.4, -0.2) is 30.4 Å². The first kappa shape index (κ1) is 21.7. The molecule has 0 aliphatic heterocycles. The summed E-state index contributed by atoms with van der Waals surface area (Å²) < 4.78 is 5.23. The number of nitrogens with one attached hydrogen (secondary N) is 1. The van der Waals surface area contributed by atoms with Crippen LogP contribution >= 0.6 is 0 Å². The molecular formula is C20H30N2O4. The number of ether oxygens (including phenoxy) is 1. The van der Waals surface area contributed by atoms with Gasteiger partial charge in [0.15, 0.2) is 6.10 Å². The second-order valence-corrected chi connectivity index (χ2v) is 7.43. The number of ketones is 1. The van der Waals surface area contributed by atoms with Crippen molar-refractivity contribution in [2.75, 3.05) is 6.54 Å². The van der Waals surface area contributed by atoms with Crippen molar-refractivity contribution in [3.8, 4) is 0 Å². The average Bonchev–Trinajstić information content (AvgIpc) is 2.56. The van der Waals surface area contributed by atoms with Gasteiger partial charge in [-0.25, -0.2) is 4.79 Å². The molecule has 0 unspecified atom stereocenters. The summed E-state index contributed by atoms with van der Waals surface area (Å²) in [6.45, 7) is 8.41. The maximum absolute atomic E-state index is 12.4. The van der Waals surface area contributed by atoms with Crippen molar-refractivity contribution in [1.82, 2.24) is 5.32 Å².